The molecular weight excluding hydrogens is 336 g/mol. The van der Waals surface area contributed by atoms with E-state index in [9.17, 15) is 9.90 Å². The molecule has 0 aliphatic heterocycles. The number of ether oxygens (including phenoxy) is 1. The molecule has 4 rings (SSSR count). The third-order valence-corrected chi connectivity index (χ3v) is 9.22. The van der Waals surface area contributed by atoms with Crippen molar-refractivity contribution in [1.82, 2.24) is 0 Å². The van der Waals surface area contributed by atoms with Crippen LogP contribution in [0, 0.1) is 28.6 Å². The molecule has 4 heteroatoms. The summed E-state index contributed by atoms with van der Waals surface area (Å²) in [5.41, 5.74) is 0.897. The van der Waals surface area contributed by atoms with Gasteiger partial charge in [0.15, 0.2) is 5.78 Å². The third-order valence-electron chi connectivity index (χ3n) is 8.79. The van der Waals surface area contributed by atoms with Crippen LogP contribution in [-0.4, -0.2) is 35.6 Å². The fraction of sp³-hybridized carbons (Fsp3) is 0.857. The summed E-state index contributed by atoms with van der Waals surface area (Å²) in [7, 11) is 1.78. The molecule has 140 valence electrons. The van der Waals surface area contributed by atoms with Gasteiger partial charge in [-0.3, -0.25) is 4.79 Å². The van der Waals surface area contributed by atoms with Crippen molar-refractivity contribution >= 4 is 17.4 Å². The molecule has 4 aliphatic rings. The second-order valence-electron chi connectivity index (χ2n) is 9.45. The molecule has 0 heterocycles. The number of hydrogen-bond acceptors (Lipinski definition) is 3. The van der Waals surface area contributed by atoms with E-state index in [1.165, 1.54) is 5.57 Å². The average Bonchev–Trinajstić information content (AvgIpc) is 2.87. The van der Waals surface area contributed by atoms with E-state index >= 15 is 0 Å². The van der Waals surface area contributed by atoms with Crippen LogP contribution in [-0.2, 0) is 9.53 Å². The summed E-state index contributed by atoms with van der Waals surface area (Å²) >= 11 is 6.40. The van der Waals surface area contributed by atoms with Crippen molar-refractivity contribution in [3.05, 3.63) is 11.6 Å². The first-order valence-corrected chi connectivity index (χ1v) is 10.4. The van der Waals surface area contributed by atoms with Crippen molar-refractivity contribution in [2.75, 3.05) is 13.0 Å². The number of fused-ring (bicyclic) bond motifs is 5. The number of aliphatic hydroxyl groups is 1. The van der Waals surface area contributed by atoms with E-state index in [1.54, 1.807) is 7.11 Å². The lowest BCUT2D eigenvalue weighted by atomic mass is 9.45. The van der Waals surface area contributed by atoms with E-state index in [0.717, 1.165) is 38.5 Å². The van der Waals surface area contributed by atoms with Crippen LogP contribution in [0.5, 0.6) is 0 Å². The maximum Gasteiger partial charge on any atom is 0.155 e. The summed E-state index contributed by atoms with van der Waals surface area (Å²) in [6.45, 7) is 4.60. The first-order chi connectivity index (χ1) is 11.8. The first-order valence-electron chi connectivity index (χ1n) is 9.84. The van der Waals surface area contributed by atoms with Crippen molar-refractivity contribution in [3.8, 4) is 0 Å². The van der Waals surface area contributed by atoms with E-state index in [0.29, 0.717) is 24.1 Å². The molecule has 0 bridgehead atoms. The zero-order valence-electron chi connectivity index (χ0n) is 15.7. The van der Waals surface area contributed by atoms with Crippen molar-refractivity contribution < 1.29 is 14.6 Å². The maximum atomic E-state index is 11.9. The van der Waals surface area contributed by atoms with Gasteiger partial charge < -0.3 is 9.84 Å². The number of aliphatic hydroxyl groups excluding tert-OH is 1. The second-order valence-corrected chi connectivity index (χ2v) is 9.72. The molecule has 2 unspecified atom stereocenters. The molecule has 3 saturated carbocycles. The molecule has 3 nitrogen and oxygen atoms in total. The lowest BCUT2D eigenvalue weighted by Gasteiger charge is -2.61. The molecule has 0 aromatic carbocycles. The summed E-state index contributed by atoms with van der Waals surface area (Å²) in [5.74, 6) is 2.08. The fourth-order valence-corrected chi connectivity index (χ4v) is 7.92. The number of carbonyl (C=O) groups is 1. The number of ketones is 1. The maximum absolute atomic E-state index is 11.9. The predicted molar refractivity (Wildman–Crippen MR) is 98.6 cm³/mol. The van der Waals surface area contributed by atoms with Gasteiger partial charge in [0, 0.05) is 18.9 Å². The number of rotatable bonds is 2. The number of alkyl halides is 1. The second kappa shape index (κ2) is 5.81. The van der Waals surface area contributed by atoms with Gasteiger partial charge in [-0.2, -0.15) is 0 Å². The van der Waals surface area contributed by atoms with Crippen LogP contribution in [0.4, 0.5) is 0 Å². The van der Waals surface area contributed by atoms with Gasteiger partial charge in [-0.15, -0.1) is 11.6 Å². The highest BCUT2D eigenvalue weighted by Crippen LogP contribution is 2.68. The van der Waals surface area contributed by atoms with Crippen molar-refractivity contribution in [1.29, 1.82) is 0 Å². The number of allylic oxidation sites excluding steroid dienone is 1. The van der Waals surface area contributed by atoms with Crippen LogP contribution in [0.2, 0.25) is 0 Å². The Morgan fingerprint density at radius 2 is 2.04 bits per heavy atom. The molecule has 0 aromatic heterocycles. The molecule has 0 amide bonds. The Balaban J connectivity index is 1.74. The summed E-state index contributed by atoms with van der Waals surface area (Å²) in [6, 6.07) is 0. The van der Waals surface area contributed by atoms with Crippen molar-refractivity contribution in [2.45, 2.75) is 70.5 Å². The minimum Gasteiger partial charge on any atom is -0.393 e. The molecule has 0 aromatic rings. The van der Waals surface area contributed by atoms with Gasteiger partial charge in [-0.05, 0) is 67.8 Å². The Labute approximate surface area is 156 Å². The lowest BCUT2D eigenvalue weighted by Crippen LogP contribution is -2.60. The predicted octanol–water partition coefficient (Wildman–Crippen LogP) is 4.11. The summed E-state index contributed by atoms with van der Waals surface area (Å²) in [5, 5.41) is 11.3. The van der Waals surface area contributed by atoms with Crippen LogP contribution < -0.4 is 0 Å². The van der Waals surface area contributed by atoms with Gasteiger partial charge in [0.05, 0.1) is 17.6 Å². The van der Waals surface area contributed by atoms with Gasteiger partial charge in [0.1, 0.15) is 0 Å². The van der Waals surface area contributed by atoms with Crippen LogP contribution in [0.1, 0.15) is 58.8 Å². The van der Waals surface area contributed by atoms with E-state index in [2.05, 4.69) is 13.8 Å². The van der Waals surface area contributed by atoms with Crippen LogP contribution in [0.25, 0.3) is 0 Å². The van der Waals surface area contributed by atoms with E-state index in [4.69, 9.17) is 16.3 Å². The third kappa shape index (κ3) is 2.21. The highest BCUT2D eigenvalue weighted by atomic mass is 35.5. The molecule has 0 saturated heterocycles. The summed E-state index contributed by atoms with van der Waals surface area (Å²) < 4.78 is 6.00. The zero-order chi connectivity index (χ0) is 18.0. The molecular formula is C21H31ClO3. The summed E-state index contributed by atoms with van der Waals surface area (Å²) in [4.78, 5) is 11.9. The summed E-state index contributed by atoms with van der Waals surface area (Å²) in [6.07, 6.45) is 8.04. The minimum absolute atomic E-state index is 0.0170. The van der Waals surface area contributed by atoms with E-state index in [1.807, 2.05) is 6.08 Å². The normalized spacial score (nSPS) is 52.2. The van der Waals surface area contributed by atoms with E-state index < -0.39 is 0 Å². The van der Waals surface area contributed by atoms with Crippen molar-refractivity contribution in [2.24, 2.45) is 28.6 Å². The Bertz CT molecular complexity index is 610. The molecule has 1 N–H and O–H groups in total. The lowest BCUT2D eigenvalue weighted by molar-refractivity contribution is -0.173. The topological polar surface area (TPSA) is 46.5 Å². The van der Waals surface area contributed by atoms with Gasteiger partial charge in [-0.1, -0.05) is 19.4 Å². The molecule has 0 spiro atoms. The Morgan fingerprint density at radius 3 is 2.72 bits per heavy atom. The number of methoxy groups -OCH3 is 1. The van der Waals surface area contributed by atoms with Gasteiger partial charge in [0.25, 0.3) is 0 Å². The molecule has 4 aliphatic carbocycles. The van der Waals surface area contributed by atoms with Crippen LogP contribution in [0.15, 0.2) is 11.6 Å². The quantitative estimate of drug-likeness (QED) is 0.748. The van der Waals surface area contributed by atoms with Crippen LogP contribution in [0.3, 0.4) is 0 Å². The van der Waals surface area contributed by atoms with Crippen molar-refractivity contribution in [3.63, 3.8) is 0 Å². The minimum atomic E-state index is -0.344. The molecule has 0 radical (unpaired) electrons. The number of carbonyl (C=O) groups excluding carboxylic acids is 1. The number of halogens is 1. The SMILES string of the molecule is COC1(CCl)CC[C@H]2[C@@H]3CCC4=CC(=O)CC[C@]4(C)[C@@H]3C(O)C[C@@]21C. The highest BCUT2D eigenvalue weighted by Gasteiger charge is 2.66. The van der Waals surface area contributed by atoms with Crippen LogP contribution >= 0.6 is 11.6 Å². The van der Waals surface area contributed by atoms with Gasteiger partial charge in [-0.25, -0.2) is 0 Å². The largest absolute Gasteiger partial charge is 0.393 e. The van der Waals surface area contributed by atoms with E-state index in [-0.39, 0.29) is 34.2 Å². The average molecular weight is 367 g/mol. The molecule has 7 atom stereocenters. The Hall–Kier alpha value is -0.380. The highest BCUT2D eigenvalue weighted by molar-refractivity contribution is 6.18. The molecule has 3 fully saturated rings. The molecule has 25 heavy (non-hydrogen) atoms. The Kier molecular flexibility index (Phi) is 4.18. The number of hydrogen-bond donors (Lipinski definition) is 1. The standard InChI is InChI=1S/C21H31ClO3/c1-19-8-6-14(23)10-13(19)4-5-15-16-7-9-21(12-22,25-3)20(16,2)11-17(24)18(15)19/h10,15-18,24H,4-9,11-12H2,1-3H3/t15-,16-,17?,18-,19-,20-,21?/m0/s1. The smallest absolute Gasteiger partial charge is 0.155 e. The fourth-order valence-electron chi connectivity index (χ4n) is 7.37. The van der Waals surface area contributed by atoms with Gasteiger partial charge >= 0.3 is 0 Å². The zero-order valence-corrected chi connectivity index (χ0v) is 16.4. The first kappa shape index (κ1) is 18.0. The Morgan fingerprint density at radius 1 is 1.28 bits per heavy atom. The van der Waals surface area contributed by atoms with Gasteiger partial charge in [0.2, 0.25) is 0 Å². The monoisotopic (exact) mass is 366 g/mol.